The highest BCUT2D eigenvalue weighted by Gasteiger charge is 2.12. The zero-order valence-corrected chi connectivity index (χ0v) is 12.0. The molecule has 3 N–H and O–H groups in total. The van der Waals surface area contributed by atoms with Gasteiger partial charge in [0.05, 0.1) is 0 Å². The minimum atomic E-state index is -0.447. The third-order valence-corrected chi connectivity index (χ3v) is 2.43. The first-order chi connectivity index (χ1) is 8.78. The number of halogens is 1. The summed E-state index contributed by atoms with van der Waals surface area (Å²) in [6, 6.07) is 5.92. The molecule has 0 radical (unpaired) electrons. The largest absolute Gasteiger partial charge is 0.336 e. The fourth-order valence-corrected chi connectivity index (χ4v) is 1.30. The van der Waals surface area contributed by atoms with Crippen molar-refractivity contribution in [3.8, 4) is 0 Å². The number of rotatable bonds is 2. The zero-order chi connectivity index (χ0) is 14.5. The Morgan fingerprint density at radius 1 is 1.11 bits per heavy atom. The SMILES string of the molecule is CC(C)(C)CNC(=O)NNC(=O)c1ccc(Cl)cc1. The Labute approximate surface area is 117 Å². The zero-order valence-electron chi connectivity index (χ0n) is 11.2. The first-order valence-corrected chi connectivity index (χ1v) is 6.25. The number of hydrazine groups is 1. The normalized spacial score (nSPS) is 10.7. The van der Waals surface area contributed by atoms with E-state index in [0.29, 0.717) is 17.1 Å². The number of amides is 3. The fraction of sp³-hybridized carbons (Fsp3) is 0.385. The summed E-state index contributed by atoms with van der Waals surface area (Å²) in [5, 5.41) is 3.20. The first kappa shape index (κ1) is 15.3. The van der Waals surface area contributed by atoms with E-state index in [-0.39, 0.29) is 5.41 Å². The molecule has 19 heavy (non-hydrogen) atoms. The Morgan fingerprint density at radius 2 is 1.68 bits per heavy atom. The van der Waals surface area contributed by atoms with Gasteiger partial charge in [-0.05, 0) is 29.7 Å². The Bertz CT molecular complexity index is 452. The number of carbonyl (C=O) groups is 2. The summed E-state index contributed by atoms with van der Waals surface area (Å²) in [6.07, 6.45) is 0. The van der Waals surface area contributed by atoms with Crippen molar-refractivity contribution in [3.63, 3.8) is 0 Å². The van der Waals surface area contributed by atoms with Gasteiger partial charge in [-0.1, -0.05) is 32.4 Å². The Hall–Kier alpha value is -1.75. The van der Waals surface area contributed by atoms with E-state index in [0.717, 1.165) is 0 Å². The standard InChI is InChI=1S/C13H18ClN3O2/c1-13(2,3)8-15-12(19)17-16-11(18)9-4-6-10(14)7-5-9/h4-7H,8H2,1-3H3,(H,16,18)(H2,15,17,19). The van der Waals surface area contributed by atoms with Crippen molar-refractivity contribution in [3.05, 3.63) is 34.9 Å². The number of urea groups is 1. The van der Waals surface area contributed by atoms with Gasteiger partial charge in [0.15, 0.2) is 0 Å². The van der Waals surface area contributed by atoms with Crippen molar-refractivity contribution in [1.82, 2.24) is 16.2 Å². The number of benzene rings is 1. The topological polar surface area (TPSA) is 70.2 Å². The molecule has 0 aliphatic rings. The van der Waals surface area contributed by atoms with E-state index in [2.05, 4.69) is 16.2 Å². The van der Waals surface area contributed by atoms with Crippen LogP contribution in [0, 0.1) is 5.41 Å². The van der Waals surface area contributed by atoms with Gasteiger partial charge in [0, 0.05) is 17.1 Å². The molecule has 0 atom stereocenters. The third kappa shape index (κ3) is 6.10. The average molecular weight is 284 g/mol. The Balaban J connectivity index is 2.38. The van der Waals surface area contributed by atoms with Gasteiger partial charge in [-0.15, -0.1) is 0 Å². The molecule has 0 unspecified atom stereocenters. The van der Waals surface area contributed by atoms with Gasteiger partial charge in [0.2, 0.25) is 0 Å². The molecule has 0 spiro atoms. The smallest absolute Gasteiger partial charge is 0.333 e. The second-order valence-corrected chi connectivity index (χ2v) is 5.77. The quantitative estimate of drug-likeness (QED) is 0.729. The van der Waals surface area contributed by atoms with Gasteiger partial charge < -0.3 is 5.32 Å². The van der Waals surface area contributed by atoms with Crippen LogP contribution in [0.1, 0.15) is 31.1 Å². The second kappa shape index (κ2) is 6.43. The predicted molar refractivity (Wildman–Crippen MR) is 74.9 cm³/mol. The molecule has 0 saturated carbocycles. The average Bonchev–Trinajstić information content (AvgIpc) is 2.33. The van der Waals surface area contributed by atoms with Crippen molar-refractivity contribution in [2.75, 3.05) is 6.54 Å². The molecule has 1 aromatic carbocycles. The van der Waals surface area contributed by atoms with Crippen LogP contribution in [0.3, 0.4) is 0 Å². The minimum absolute atomic E-state index is 0.0163. The second-order valence-electron chi connectivity index (χ2n) is 5.33. The summed E-state index contributed by atoms with van der Waals surface area (Å²) < 4.78 is 0. The number of hydrogen-bond donors (Lipinski definition) is 3. The van der Waals surface area contributed by atoms with Gasteiger partial charge in [-0.2, -0.15) is 0 Å². The molecule has 104 valence electrons. The van der Waals surface area contributed by atoms with E-state index >= 15 is 0 Å². The van der Waals surface area contributed by atoms with Crippen LogP contribution in [-0.4, -0.2) is 18.5 Å². The molecule has 0 aliphatic heterocycles. The molecule has 0 fully saturated rings. The van der Waals surface area contributed by atoms with E-state index in [9.17, 15) is 9.59 Å². The lowest BCUT2D eigenvalue weighted by Gasteiger charge is -2.18. The summed E-state index contributed by atoms with van der Waals surface area (Å²) in [6.45, 7) is 6.51. The molecule has 5 nitrogen and oxygen atoms in total. The van der Waals surface area contributed by atoms with E-state index in [1.54, 1.807) is 24.3 Å². The summed E-state index contributed by atoms with van der Waals surface area (Å²) in [5.41, 5.74) is 5.00. The monoisotopic (exact) mass is 283 g/mol. The number of carbonyl (C=O) groups excluding carboxylic acids is 2. The van der Waals surface area contributed by atoms with Crippen molar-refractivity contribution in [2.24, 2.45) is 5.41 Å². The van der Waals surface area contributed by atoms with E-state index in [1.807, 2.05) is 20.8 Å². The van der Waals surface area contributed by atoms with Gasteiger partial charge in [0.25, 0.3) is 5.91 Å². The molecule has 0 bridgehead atoms. The molecule has 6 heteroatoms. The Kier molecular flexibility index (Phi) is 5.18. The van der Waals surface area contributed by atoms with Crippen LogP contribution in [0.25, 0.3) is 0 Å². The van der Waals surface area contributed by atoms with Gasteiger partial charge in [-0.25, -0.2) is 10.2 Å². The van der Waals surface area contributed by atoms with Crippen molar-refractivity contribution < 1.29 is 9.59 Å². The van der Waals surface area contributed by atoms with Crippen LogP contribution in [-0.2, 0) is 0 Å². The number of nitrogens with one attached hydrogen (secondary N) is 3. The predicted octanol–water partition coefficient (Wildman–Crippen LogP) is 2.33. The highest BCUT2D eigenvalue weighted by molar-refractivity contribution is 6.30. The van der Waals surface area contributed by atoms with Crippen LogP contribution in [0.5, 0.6) is 0 Å². The summed E-state index contributed by atoms with van der Waals surface area (Å²) in [4.78, 5) is 23.1. The minimum Gasteiger partial charge on any atom is -0.336 e. The molecule has 0 aliphatic carbocycles. The van der Waals surface area contributed by atoms with Crippen LogP contribution >= 0.6 is 11.6 Å². The third-order valence-electron chi connectivity index (χ3n) is 2.18. The molecule has 0 saturated heterocycles. The highest BCUT2D eigenvalue weighted by atomic mass is 35.5. The molecule has 1 aromatic rings. The molecule has 0 heterocycles. The summed E-state index contributed by atoms with van der Waals surface area (Å²) in [7, 11) is 0. The van der Waals surface area contributed by atoms with Crippen LogP contribution in [0.4, 0.5) is 4.79 Å². The lowest BCUT2D eigenvalue weighted by atomic mass is 9.97. The van der Waals surface area contributed by atoms with Crippen LogP contribution in [0.15, 0.2) is 24.3 Å². The maximum atomic E-state index is 11.7. The van der Waals surface area contributed by atoms with Gasteiger partial charge in [0.1, 0.15) is 0 Å². The summed E-state index contributed by atoms with van der Waals surface area (Å²) in [5.74, 6) is -0.400. The first-order valence-electron chi connectivity index (χ1n) is 5.88. The maximum Gasteiger partial charge on any atom is 0.333 e. The Morgan fingerprint density at radius 3 is 2.21 bits per heavy atom. The molecule has 0 aromatic heterocycles. The summed E-state index contributed by atoms with van der Waals surface area (Å²) >= 11 is 5.72. The van der Waals surface area contributed by atoms with Gasteiger partial charge in [-0.3, -0.25) is 10.2 Å². The van der Waals surface area contributed by atoms with Crippen LogP contribution < -0.4 is 16.2 Å². The lowest BCUT2D eigenvalue weighted by Crippen LogP contribution is -2.48. The van der Waals surface area contributed by atoms with Crippen molar-refractivity contribution >= 4 is 23.5 Å². The molecule has 3 amide bonds. The maximum absolute atomic E-state index is 11.7. The molecular weight excluding hydrogens is 266 g/mol. The van der Waals surface area contributed by atoms with Crippen LogP contribution in [0.2, 0.25) is 5.02 Å². The van der Waals surface area contributed by atoms with E-state index < -0.39 is 11.9 Å². The molecule has 1 rings (SSSR count). The fourth-order valence-electron chi connectivity index (χ4n) is 1.18. The lowest BCUT2D eigenvalue weighted by molar-refractivity contribution is 0.0936. The van der Waals surface area contributed by atoms with E-state index in [1.165, 1.54) is 0 Å². The number of hydrogen-bond acceptors (Lipinski definition) is 2. The van der Waals surface area contributed by atoms with Crippen molar-refractivity contribution in [2.45, 2.75) is 20.8 Å². The van der Waals surface area contributed by atoms with Gasteiger partial charge >= 0.3 is 6.03 Å². The highest BCUT2D eigenvalue weighted by Crippen LogP contribution is 2.10. The molecular formula is C13H18ClN3O2. The van der Waals surface area contributed by atoms with Crippen molar-refractivity contribution in [1.29, 1.82) is 0 Å². The van der Waals surface area contributed by atoms with E-state index in [4.69, 9.17) is 11.6 Å².